The van der Waals surface area contributed by atoms with E-state index in [-0.39, 0.29) is 105 Å². The molecule has 5 aromatic rings. The smallest absolute Gasteiger partial charge is 0.387 e. The third-order valence-corrected chi connectivity index (χ3v) is 40.3. The van der Waals surface area contributed by atoms with Crippen LogP contribution in [0.4, 0.5) is 54.7 Å². The number of benzene rings is 5. The summed E-state index contributed by atoms with van der Waals surface area (Å²) < 4.78 is 90.3. The standard InChI is InChI=1S/C23H28F3N3O3.C23H31N3O3.C22H26F3N3O3.C21H26FN3O3.C21H27N3O3/c1-14-3-4-15-12-17-22(32)7-6-21(18(30)27-19(31)28-21)13-20(22,16(15)11-14)8-10-29(17)9-2-5-23(24,25)26;1-4-25-11-10-21-14-22(19(27)26(5-2)20(28)24-22)8-9-23(21,29)18(25)13-16-7-6-15(3)12-17(16)21;1-13-2-3-14-11-16-21(31)5-4-20(17(29)26-18(30)27-20)12-19(21,15(14)10-13)6-8-28(16)9-7-22(23,24)25;1-13-2-3-14-11-16-21(28)5-4-20(17(26)23-18(27)24-20)12-19(21,15(14)10-13)6-8-25(16)9-7-22;1-3-24-9-8-19-12-20(17(25)22-18(26)23-20)6-7-21(19,27)16(24)11-14-5-4-13(2)10-15(14)19/h3-4,11,17,32H,2,5-10,12-13H2,1H3,(H2,27,28,30,31);6-7,12,18,29H,4-5,8-11,13-14H2,1-3H3,(H,24,28);2-3,10,16,31H,4-9,11-12H2,1H3,(H2,26,27,29,30);2-3,10,16,28H,4-9,11-12H2,1H3,(H2,23,24,26,27);4-5,10,16,27H,3,6-9,11-12H2,1-2H3,(H2,22,23,25,26)/t17-,20-,21+,22-;18-,21-,22+,23-;3*16-,19-,20+,21-/m11111/s1. The summed E-state index contributed by atoms with van der Waals surface area (Å²) in [5.74, 6) is -1.39. The molecule has 14 N–H and O–H groups in total. The lowest BCUT2D eigenvalue weighted by molar-refractivity contribution is -0.188. The molecular weight excluding hydrogens is 1900 g/mol. The Bertz CT molecular complexity index is 6300. The summed E-state index contributed by atoms with van der Waals surface area (Å²) in [5.41, 5.74) is 3.40. The summed E-state index contributed by atoms with van der Waals surface area (Å²) in [6.07, 6.45) is 2.17. The minimum atomic E-state index is -4.26. The second-order valence-electron chi connectivity index (χ2n) is 47.2. The van der Waals surface area contributed by atoms with Gasteiger partial charge in [-0.15, -0.1) is 0 Å². The lowest BCUT2D eigenvalue weighted by atomic mass is 9.46. The van der Waals surface area contributed by atoms with E-state index in [2.05, 4.69) is 151 Å². The molecule has 147 heavy (non-hydrogen) atoms. The first-order chi connectivity index (χ1) is 69.4. The van der Waals surface area contributed by atoms with Crippen molar-refractivity contribution in [1.29, 1.82) is 0 Å². The van der Waals surface area contributed by atoms with Crippen LogP contribution in [0.25, 0.3) is 0 Å². The van der Waals surface area contributed by atoms with Crippen molar-refractivity contribution < 1.29 is 104 Å². The summed E-state index contributed by atoms with van der Waals surface area (Å²) in [6.45, 7) is 21.9. The number of amides is 15. The Labute approximate surface area is 850 Å². The molecule has 20 atom stereocenters. The van der Waals surface area contributed by atoms with Crippen LogP contribution in [0, 0.1) is 34.6 Å². The molecule has 15 amide bonds. The fourth-order valence-corrected chi connectivity index (χ4v) is 33.3. The van der Waals surface area contributed by atoms with Crippen LogP contribution in [0.3, 0.4) is 0 Å². The number of rotatable bonds is 10. The van der Waals surface area contributed by atoms with Crippen molar-refractivity contribution in [3.8, 4) is 0 Å². The van der Waals surface area contributed by atoms with Crippen molar-refractivity contribution >= 4 is 59.7 Å². The van der Waals surface area contributed by atoms with E-state index in [0.717, 1.165) is 102 Å². The second-order valence-corrected chi connectivity index (χ2v) is 47.2. The molecule has 20 aliphatic rings. The molecular formula is C110H138F7N15O15. The van der Waals surface area contributed by atoms with Crippen molar-refractivity contribution in [3.05, 3.63) is 174 Å². The van der Waals surface area contributed by atoms with E-state index in [1.54, 1.807) is 4.90 Å². The molecule has 10 heterocycles. The lowest BCUT2D eigenvalue weighted by Gasteiger charge is -2.65. The van der Waals surface area contributed by atoms with Gasteiger partial charge in [0.25, 0.3) is 29.5 Å². The van der Waals surface area contributed by atoms with Crippen LogP contribution < -0.4 is 47.9 Å². The van der Waals surface area contributed by atoms with Crippen LogP contribution in [0.15, 0.2) is 91.0 Å². The quantitative estimate of drug-likeness (QED) is 0.0456. The van der Waals surface area contributed by atoms with E-state index < -0.39 is 145 Å². The number of nitrogens with one attached hydrogen (secondary N) is 9. The monoisotopic (exact) mass is 2040 g/mol. The van der Waals surface area contributed by atoms with Crippen molar-refractivity contribution in [2.24, 2.45) is 0 Å². The molecule has 37 heteroatoms. The molecule has 5 saturated carbocycles. The number of imide groups is 5. The van der Waals surface area contributed by atoms with Crippen LogP contribution in [0.2, 0.25) is 0 Å². The zero-order chi connectivity index (χ0) is 105. The molecule has 10 saturated heterocycles. The molecule has 0 radical (unpaired) electrons. The van der Waals surface area contributed by atoms with Crippen molar-refractivity contribution in [2.75, 3.05) is 78.7 Å². The zero-order valence-corrected chi connectivity index (χ0v) is 85.0. The van der Waals surface area contributed by atoms with Gasteiger partial charge in [0.1, 0.15) is 34.4 Å². The van der Waals surface area contributed by atoms with Gasteiger partial charge in [-0.3, -0.25) is 74.6 Å². The van der Waals surface area contributed by atoms with Gasteiger partial charge < -0.3 is 52.1 Å². The molecule has 792 valence electrons. The number of aliphatic hydroxyl groups is 5. The predicted octanol–water partition coefficient (Wildman–Crippen LogP) is 9.82. The van der Waals surface area contributed by atoms with E-state index in [4.69, 9.17) is 0 Å². The number of nitrogens with zero attached hydrogens (tertiary/aromatic N) is 6. The number of fused-ring (bicyclic) bond motifs is 5. The summed E-state index contributed by atoms with van der Waals surface area (Å²) in [5, 5.41) is 84.7. The van der Waals surface area contributed by atoms with Crippen molar-refractivity contribution in [3.63, 3.8) is 0 Å². The maximum atomic E-state index is 13.3. The molecule has 30 nitrogen and oxygen atoms in total. The Hall–Kier alpha value is -10.1. The highest BCUT2D eigenvalue weighted by atomic mass is 19.4. The number of hydrogen-bond acceptors (Lipinski definition) is 20. The van der Waals surface area contributed by atoms with Crippen LogP contribution >= 0.6 is 0 Å². The lowest BCUT2D eigenvalue weighted by Crippen LogP contribution is -2.76. The molecule has 15 fully saturated rings. The molecule has 10 bridgehead atoms. The number of carbonyl (C=O) groups excluding carboxylic acids is 10. The number of alkyl halides is 7. The first-order valence-corrected chi connectivity index (χ1v) is 53.1. The average molecular weight is 2040 g/mol. The SMILES string of the molecule is CCN1C(=O)N[C@]2(CC[C@@]3(O)[C@H]4Cc5ccc(C)cc5[C@@]3(CCN4CC)C2)C1=O.CCN1CC[C@]23C[C@]4(CC[C@@]2(O)[C@H]1Cc1ccc(C)cc13)NC(=O)NC4=O.Cc1ccc2c(c1)[C@]13CCN(CCC(F)(F)F)[C@H](C2)[C@]1(O)CC[C@@]1(C3)NC(=O)NC1=O.Cc1ccc2c(c1)[C@]13CCN(CCCC(F)(F)F)[C@H](C2)[C@]1(O)CC[C@@]1(C3)NC(=O)NC1=O.Cc1ccc2c(c1)[C@]13CCN(CCF)[C@H](C2)[C@]1(O)CC[C@@]1(C3)NC(=O)NC1=O. The number of urea groups is 5. The third-order valence-electron chi connectivity index (χ3n) is 40.3. The van der Waals surface area contributed by atoms with Gasteiger partial charge in [0.15, 0.2) is 0 Å². The molecule has 5 aromatic carbocycles. The highest BCUT2D eigenvalue weighted by Crippen LogP contribution is 2.68. The second kappa shape index (κ2) is 35.5. The number of likely N-dealkylation sites (tertiary alicyclic amines) is 5. The normalized spacial score (nSPS) is 38.3. The van der Waals surface area contributed by atoms with Crippen LogP contribution in [0.1, 0.15) is 252 Å². The molecule has 10 aliphatic heterocycles. The largest absolute Gasteiger partial charge is 0.390 e. The summed E-state index contributed by atoms with van der Waals surface area (Å²) >= 11 is 0. The maximum absolute atomic E-state index is 13.3. The van der Waals surface area contributed by atoms with Gasteiger partial charge >= 0.3 is 42.5 Å². The van der Waals surface area contributed by atoms with Crippen molar-refractivity contribution in [1.82, 2.24) is 77.3 Å². The Balaban J connectivity index is 0.000000108. The van der Waals surface area contributed by atoms with Gasteiger partial charge in [-0.2, -0.15) is 26.3 Å². The fraction of sp³-hybridized carbons (Fsp3) is 0.636. The summed E-state index contributed by atoms with van der Waals surface area (Å²) in [7, 11) is 0. The Morgan fingerprint density at radius 2 is 0.565 bits per heavy atom. The molecule has 0 unspecified atom stereocenters. The minimum absolute atomic E-state index is 0.00770. The van der Waals surface area contributed by atoms with E-state index >= 15 is 0 Å². The van der Waals surface area contributed by atoms with Crippen LogP contribution in [-0.4, -0.2) is 292 Å². The highest BCUT2D eigenvalue weighted by Gasteiger charge is 2.77. The molecule has 10 aliphatic carbocycles. The molecule has 25 rings (SSSR count). The number of carbonyl (C=O) groups is 10. The number of aryl methyl sites for hydroxylation is 5. The number of likely N-dealkylation sites (N-methyl/N-ethyl adjacent to an activating group) is 3. The Kier molecular flexibility index (Phi) is 24.8. The topological polar surface area (TPSA) is 400 Å². The third kappa shape index (κ3) is 15.5. The Morgan fingerprint density at radius 3 is 0.810 bits per heavy atom. The van der Waals surface area contributed by atoms with E-state index in [0.29, 0.717) is 142 Å². The summed E-state index contributed by atoms with van der Waals surface area (Å²) in [4.78, 5) is 137. The molecule has 5 spiro atoms. The van der Waals surface area contributed by atoms with Gasteiger partial charge in [0.05, 0.1) is 34.4 Å². The van der Waals surface area contributed by atoms with Gasteiger partial charge in [0.2, 0.25) is 0 Å². The number of hydrogen-bond donors (Lipinski definition) is 14. The van der Waals surface area contributed by atoms with Gasteiger partial charge in [-0.05, 0) is 316 Å². The average Bonchev–Trinajstić information content (AvgIpc) is 1.66. The number of piperidine rings is 5. The van der Waals surface area contributed by atoms with Gasteiger partial charge in [0, 0.05) is 83.3 Å². The molecule has 0 aromatic heterocycles. The first kappa shape index (κ1) is 103. The first-order valence-electron chi connectivity index (χ1n) is 53.1. The predicted molar refractivity (Wildman–Crippen MR) is 526 cm³/mol. The van der Waals surface area contributed by atoms with Crippen LogP contribution in [-0.2, 0) is 83.2 Å². The van der Waals surface area contributed by atoms with E-state index in [1.807, 2.05) is 62.9 Å². The zero-order valence-electron chi connectivity index (χ0n) is 85.0. The van der Waals surface area contributed by atoms with Crippen molar-refractivity contribution in [2.45, 2.75) is 361 Å². The van der Waals surface area contributed by atoms with E-state index in [9.17, 15) is 104 Å². The summed E-state index contributed by atoms with van der Waals surface area (Å²) in [6, 6.07) is 28.4. The Morgan fingerprint density at radius 1 is 0.313 bits per heavy atom. The minimum Gasteiger partial charge on any atom is -0.387 e. The van der Waals surface area contributed by atoms with Gasteiger partial charge in [-0.25, -0.2) is 28.4 Å². The maximum Gasteiger partial charge on any atom is 0.390 e. The van der Waals surface area contributed by atoms with Gasteiger partial charge in [-0.1, -0.05) is 133 Å². The number of halogens is 7. The van der Waals surface area contributed by atoms with E-state index in [1.165, 1.54) is 38.3 Å². The highest BCUT2D eigenvalue weighted by molar-refractivity contribution is 6.10. The van der Waals surface area contributed by atoms with Crippen LogP contribution in [0.5, 0.6) is 0 Å². The fourth-order valence-electron chi connectivity index (χ4n) is 33.3.